The number of carbonyl (C=O) groups excluding carboxylic acids is 2. The highest BCUT2D eigenvalue weighted by molar-refractivity contribution is 5.81. The van der Waals surface area contributed by atoms with Crippen molar-refractivity contribution in [3.63, 3.8) is 0 Å². The number of nitrogens with one attached hydrogen (secondary N) is 1. The molecular formula is C20H31N3O2. The molecule has 2 rings (SSSR count). The van der Waals surface area contributed by atoms with Gasteiger partial charge < -0.3 is 10.2 Å². The third-order valence-electron chi connectivity index (χ3n) is 4.50. The van der Waals surface area contributed by atoms with E-state index in [1.807, 2.05) is 55.8 Å². The standard InChI is InChI=1S/C20H31N3O2/c1-20(2,3)19(25)23-12-10-17(11-13-23)21-18(24)15-22(4)14-16-8-6-5-7-9-16/h5-9,17H,10-15H2,1-4H3,(H,21,24). The van der Waals surface area contributed by atoms with Crippen LogP contribution in [0, 0.1) is 5.41 Å². The van der Waals surface area contributed by atoms with Gasteiger partial charge in [0.15, 0.2) is 0 Å². The molecule has 138 valence electrons. The van der Waals surface area contributed by atoms with Crippen LogP contribution in [0.1, 0.15) is 39.2 Å². The van der Waals surface area contributed by atoms with Crippen molar-refractivity contribution in [1.82, 2.24) is 15.1 Å². The summed E-state index contributed by atoms with van der Waals surface area (Å²) in [4.78, 5) is 28.5. The van der Waals surface area contributed by atoms with Crippen LogP contribution in [0.15, 0.2) is 30.3 Å². The summed E-state index contributed by atoms with van der Waals surface area (Å²) in [5.41, 5.74) is 0.864. The molecule has 1 aliphatic rings. The first kappa shape index (κ1) is 19.4. The van der Waals surface area contributed by atoms with Gasteiger partial charge in [-0.3, -0.25) is 14.5 Å². The van der Waals surface area contributed by atoms with E-state index in [1.54, 1.807) is 0 Å². The predicted octanol–water partition coefficient (Wildman–Crippen LogP) is 2.27. The van der Waals surface area contributed by atoms with Crippen molar-refractivity contribution in [1.29, 1.82) is 0 Å². The molecule has 0 aromatic heterocycles. The number of rotatable bonds is 5. The zero-order valence-corrected chi connectivity index (χ0v) is 15.9. The lowest BCUT2D eigenvalue weighted by Gasteiger charge is -2.36. The maximum absolute atomic E-state index is 12.3. The Morgan fingerprint density at radius 2 is 1.76 bits per heavy atom. The lowest BCUT2D eigenvalue weighted by Crippen LogP contribution is -2.50. The lowest BCUT2D eigenvalue weighted by molar-refractivity contribution is -0.140. The van der Waals surface area contributed by atoms with Gasteiger partial charge in [-0.15, -0.1) is 0 Å². The number of hydrogen-bond donors (Lipinski definition) is 1. The quantitative estimate of drug-likeness (QED) is 0.891. The predicted molar refractivity (Wildman–Crippen MR) is 100.0 cm³/mol. The fourth-order valence-corrected chi connectivity index (χ4v) is 3.17. The Bertz CT molecular complexity index is 572. The van der Waals surface area contributed by atoms with Crippen molar-refractivity contribution in [3.8, 4) is 0 Å². The zero-order valence-electron chi connectivity index (χ0n) is 15.9. The Kier molecular flexibility index (Phi) is 6.59. The molecule has 5 nitrogen and oxygen atoms in total. The molecular weight excluding hydrogens is 314 g/mol. The fourth-order valence-electron chi connectivity index (χ4n) is 3.17. The molecule has 1 heterocycles. The molecule has 0 atom stereocenters. The monoisotopic (exact) mass is 345 g/mol. The van der Waals surface area contributed by atoms with Gasteiger partial charge in [0, 0.05) is 31.1 Å². The van der Waals surface area contributed by atoms with Gasteiger partial charge >= 0.3 is 0 Å². The smallest absolute Gasteiger partial charge is 0.234 e. The average molecular weight is 345 g/mol. The van der Waals surface area contributed by atoms with E-state index in [1.165, 1.54) is 5.56 Å². The van der Waals surface area contributed by atoms with E-state index in [0.717, 1.165) is 32.5 Å². The van der Waals surface area contributed by atoms with Crippen LogP contribution in [0.4, 0.5) is 0 Å². The second-order valence-electron chi connectivity index (χ2n) is 8.04. The number of benzene rings is 1. The van der Waals surface area contributed by atoms with Crippen molar-refractivity contribution in [2.45, 2.75) is 46.2 Å². The molecule has 25 heavy (non-hydrogen) atoms. The molecule has 0 unspecified atom stereocenters. The Morgan fingerprint density at radius 3 is 2.32 bits per heavy atom. The highest BCUT2D eigenvalue weighted by Gasteiger charge is 2.30. The van der Waals surface area contributed by atoms with E-state index in [-0.39, 0.29) is 23.3 Å². The maximum Gasteiger partial charge on any atom is 0.234 e. The van der Waals surface area contributed by atoms with Gasteiger partial charge in [0.1, 0.15) is 0 Å². The summed E-state index contributed by atoms with van der Waals surface area (Å²) in [6.45, 7) is 8.44. The summed E-state index contributed by atoms with van der Waals surface area (Å²) in [6, 6.07) is 10.3. The Labute approximate surface area is 151 Å². The maximum atomic E-state index is 12.3. The zero-order chi connectivity index (χ0) is 18.4. The molecule has 0 radical (unpaired) electrons. The molecule has 1 saturated heterocycles. The summed E-state index contributed by atoms with van der Waals surface area (Å²) in [7, 11) is 1.96. The van der Waals surface area contributed by atoms with Gasteiger partial charge in [-0.25, -0.2) is 0 Å². The molecule has 1 aromatic carbocycles. The molecule has 0 saturated carbocycles. The number of piperidine rings is 1. The summed E-state index contributed by atoms with van der Waals surface area (Å²) in [6.07, 6.45) is 1.66. The molecule has 1 N–H and O–H groups in total. The normalized spacial score (nSPS) is 16.1. The fraction of sp³-hybridized carbons (Fsp3) is 0.600. The third kappa shape index (κ3) is 6.16. The highest BCUT2D eigenvalue weighted by atomic mass is 16.2. The molecule has 1 aromatic rings. The van der Waals surface area contributed by atoms with Crippen LogP contribution in [0.5, 0.6) is 0 Å². The first-order valence-corrected chi connectivity index (χ1v) is 9.07. The molecule has 0 spiro atoms. The van der Waals surface area contributed by atoms with Crippen LogP contribution in [0.2, 0.25) is 0 Å². The van der Waals surface area contributed by atoms with Gasteiger partial charge in [-0.2, -0.15) is 0 Å². The number of likely N-dealkylation sites (N-methyl/N-ethyl adjacent to an activating group) is 1. The van der Waals surface area contributed by atoms with Crippen molar-refractivity contribution in [3.05, 3.63) is 35.9 Å². The van der Waals surface area contributed by atoms with Gasteiger partial charge in [0.2, 0.25) is 11.8 Å². The second kappa shape index (κ2) is 8.48. The molecule has 1 fully saturated rings. The van der Waals surface area contributed by atoms with E-state index in [4.69, 9.17) is 0 Å². The van der Waals surface area contributed by atoms with Gasteiger partial charge in [0.25, 0.3) is 0 Å². The lowest BCUT2D eigenvalue weighted by atomic mass is 9.93. The van der Waals surface area contributed by atoms with Gasteiger partial charge in [0.05, 0.1) is 6.54 Å². The number of carbonyl (C=O) groups is 2. The molecule has 2 amide bonds. The van der Waals surface area contributed by atoms with E-state index in [9.17, 15) is 9.59 Å². The first-order valence-electron chi connectivity index (χ1n) is 9.07. The van der Waals surface area contributed by atoms with Crippen LogP contribution in [0.25, 0.3) is 0 Å². The van der Waals surface area contributed by atoms with E-state index in [2.05, 4.69) is 17.4 Å². The first-order chi connectivity index (χ1) is 11.8. The van der Waals surface area contributed by atoms with Crippen molar-refractivity contribution in [2.75, 3.05) is 26.7 Å². The number of hydrogen-bond acceptors (Lipinski definition) is 3. The highest BCUT2D eigenvalue weighted by Crippen LogP contribution is 2.21. The Balaban J connectivity index is 1.72. The van der Waals surface area contributed by atoms with Crippen LogP contribution in [-0.2, 0) is 16.1 Å². The second-order valence-corrected chi connectivity index (χ2v) is 8.04. The van der Waals surface area contributed by atoms with Crippen LogP contribution in [0.3, 0.4) is 0 Å². The van der Waals surface area contributed by atoms with Crippen LogP contribution >= 0.6 is 0 Å². The summed E-state index contributed by atoms with van der Waals surface area (Å²) in [5.74, 6) is 0.249. The van der Waals surface area contributed by atoms with E-state index < -0.39 is 0 Å². The number of likely N-dealkylation sites (tertiary alicyclic amines) is 1. The minimum absolute atomic E-state index is 0.0547. The number of nitrogens with zero attached hydrogens (tertiary/aromatic N) is 2. The minimum atomic E-state index is -0.337. The summed E-state index contributed by atoms with van der Waals surface area (Å²) in [5, 5.41) is 3.12. The van der Waals surface area contributed by atoms with Gasteiger partial charge in [-0.1, -0.05) is 51.1 Å². The largest absolute Gasteiger partial charge is 0.352 e. The van der Waals surface area contributed by atoms with Crippen molar-refractivity contribution >= 4 is 11.8 Å². The third-order valence-corrected chi connectivity index (χ3v) is 4.50. The molecule has 1 aliphatic heterocycles. The average Bonchev–Trinajstić information content (AvgIpc) is 2.54. The molecule has 0 bridgehead atoms. The SMILES string of the molecule is CN(CC(=O)NC1CCN(C(=O)C(C)(C)C)CC1)Cc1ccccc1. The summed E-state index contributed by atoms with van der Waals surface area (Å²) < 4.78 is 0. The van der Waals surface area contributed by atoms with Crippen molar-refractivity contribution in [2.24, 2.45) is 5.41 Å². The van der Waals surface area contributed by atoms with Crippen LogP contribution in [-0.4, -0.2) is 54.3 Å². The molecule has 5 heteroatoms. The van der Waals surface area contributed by atoms with Crippen molar-refractivity contribution < 1.29 is 9.59 Å². The Hall–Kier alpha value is -1.88. The topological polar surface area (TPSA) is 52.7 Å². The minimum Gasteiger partial charge on any atom is -0.352 e. The van der Waals surface area contributed by atoms with Gasteiger partial charge in [-0.05, 0) is 25.5 Å². The van der Waals surface area contributed by atoms with E-state index in [0.29, 0.717) is 6.54 Å². The number of amides is 2. The Morgan fingerprint density at radius 1 is 1.16 bits per heavy atom. The molecule has 0 aliphatic carbocycles. The van der Waals surface area contributed by atoms with Crippen LogP contribution < -0.4 is 5.32 Å². The summed E-state index contributed by atoms with van der Waals surface area (Å²) >= 11 is 0. The van der Waals surface area contributed by atoms with E-state index >= 15 is 0 Å².